The molecular formula is C14H21N3O2. The van der Waals surface area contributed by atoms with Crippen molar-refractivity contribution in [2.24, 2.45) is 11.7 Å². The van der Waals surface area contributed by atoms with Crippen molar-refractivity contribution in [3.05, 3.63) is 29.8 Å². The van der Waals surface area contributed by atoms with Gasteiger partial charge in [-0.25, -0.2) is 0 Å². The third-order valence-electron chi connectivity index (χ3n) is 3.01. The summed E-state index contributed by atoms with van der Waals surface area (Å²) in [5.41, 5.74) is 6.92. The average Bonchev–Trinajstić information content (AvgIpc) is 2.37. The van der Waals surface area contributed by atoms with Crippen LogP contribution >= 0.6 is 0 Å². The zero-order chi connectivity index (χ0) is 14.6. The normalized spacial score (nSPS) is 13.5. The van der Waals surface area contributed by atoms with Gasteiger partial charge in [0.05, 0.1) is 5.92 Å². The van der Waals surface area contributed by atoms with Crippen LogP contribution in [0.4, 0.5) is 5.69 Å². The van der Waals surface area contributed by atoms with Crippen LogP contribution < -0.4 is 11.1 Å². The van der Waals surface area contributed by atoms with Crippen LogP contribution in [0.1, 0.15) is 24.2 Å². The molecule has 1 rings (SSSR count). The van der Waals surface area contributed by atoms with Gasteiger partial charge >= 0.3 is 0 Å². The molecule has 0 bridgehead atoms. The van der Waals surface area contributed by atoms with Gasteiger partial charge in [-0.3, -0.25) is 9.59 Å². The van der Waals surface area contributed by atoms with E-state index in [9.17, 15) is 9.59 Å². The Morgan fingerprint density at radius 3 is 2.11 bits per heavy atom. The molecular weight excluding hydrogens is 242 g/mol. The fraction of sp³-hybridized carbons (Fsp3) is 0.429. The predicted molar refractivity (Wildman–Crippen MR) is 75.9 cm³/mol. The minimum Gasteiger partial charge on any atom is -0.345 e. The van der Waals surface area contributed by atoms with E-state index in [0.717, 1.165) is 0 Å². The van der Waals surface area contributed by atoms with Crippen LogP contribution in [-0.4, -0.2) is 36.9 Å². The number of carbonyl (C=O) groups excluding carboxylic acids is 2. The highest BCUT2D eigenvalue weighted by molar-refractivity contribution is 5.96. The Balaban J connectivity index is 2.72. The van der Waals surface area contributed by atoms with Gasteiger partial charge in [0.2, 0.25) is 5.91 Å². The third-order valence-corrected chi connectivity index (χ3v) is 3.01. The summed E-state index contributed by atoms with van der Waals surface area (Å²) in [6.07, 6.45) is 0. The van der Waals surface area contributed by atoms with Crippen molar-refractivity contribution >= 4 is 17.5 Å². The summed E-state index contributed by atoms with van der Waals surface area (Å²) in [4.78, 5) is 25.0. The molecule has 0 fully saturated rings. The smallest absolute Gasteiger partial charge is 0.253 e. The SMILES string of the molecule is CC(N)C(C)C(=O)Nc1ccc(C(=O)N(C)C)cc1. The predicted octanol–water partition coefficient (Wildman–Crippen LogP) is 1.31. The quantitative estimate of drug-likeness (QED) is 0.860. The van der Waals surface area contributed by atoms with E-state index in [2.05, 4.69) is 5.32 Å². The van der Waals surface area contributed by atoms with Crippen LogP contribution in [0.3, 0.4) is 0 Å². The molecule has 1 aromatic rings. The van der Waals surface area contributed by atoms with Crippen molar-refractivity contribution in [2.75, 3.05) is 19.4 Å². The highest BCUT2D eigenvalue weighted by Gasteiger charge is 2.17. The van der Waals surface area contributed by atoms with Gasteiger partial charge in [0.15, 0.2) is 0 Å². The summed E-state index contributed by atoms with van der Waals surface area (Å²) in [6.45, 7) is 3.58. The van der Waals surface area contributed by atoms with E-state index >= 15 is 0 Å². The standard InChI is InChI=1S/C14H21N3O2/c1-9(10(2)15)13(18)16-12-7-5-11(6-8-12)14(19)17(3)4/h5-10H,15H2,1-4H3,(H,16,18). The number of anilines is 1. The first-order chi connectivity index (χ1) is 8.82. The van der Waals surface area contributed by atoms with Gasteiger partial charge in [0.1, 0.15) is 0 Å². The maximum absolute atomic E-state index is 11.8. The lowest BCUT2D eigenvalue weighted by molar-refractivity contribution is -0.119. The minimum atomic E-state index is -0.261. The van der Waals surface area contributed by atoms with Gasteiger partial charge in [-0.1, -0.05) is 6.92 Å². The highest BCUT2D eigenvalue weighted by atomic mass is 16.2. The lowest BCUT2D eigenvalue weighted by atomic mass is 10.0. The maximum Gasteiger partial charge on any atom is 0.253 e. The largest absolute Gasteiger partial charge is 0.345 e. The number of nitrogens with two attached hydrogens (primary N) is 1. The molecule has 0 aliphatic rings. The third kappa shape index (κ3) is 4.06. The molecule has 0 spiro atoms. The van der Waals surface area contributed by atoms with Crippen LogP contribution in [0.2, 0.25) is 0 Å². The van der Waals surface area contributed by atoms with Crippen molar-refractivity contribution in [3.63, 3.8) is 0 Å². The molecule has 0 aromatic heterocycles. The molecule has 104 valence electrons. The molecule has 1 aromatic carbocycles. The molecule has 0 heterocycles. The van der Waals surface area contributed by atoms with Gasteiger partial charge in [-0.2, -0.15) is 0 Å². The van der Waals surface area contributed by atoms with Crippen LogP contribution in [0.15, 0.2) is 24.3 Å². The van der Waals surface area contributed by atoms with Crippen molar-refractivity contribution in [1.29, 1.82) is 0 Å². The zero-order valence-electron chi connectivity index (χ0n) is 11.8. The molecule has 0 aliphatic heterocycles. The first-order valence-corrected chi connectivity index (χ1v) is 6.21. The summed E-state index contributed by atoms with van der Waals surface area (Å²) in [5.74, 6) is -0.452. The lowest BCUT2D eigenvalue weighted by Gasteiger charge is -2.15. The molecule has 0 aliphatic carbocycles. The molecule has 0 saturated carbocycles. The minimum absolute atomic E-state index is 0.0678. The first kappa shape index (κ1) is 15.2. The lowest BCUT2D eigenvalue weighted by Crippen LogP contribution is -2.34. The number of carbonyl (C=O) groups is 2. The van der Waals surface area contributed by atoms with Crippen LogP contribution in [0.25, 0.3) is 0 Å². The van der Waals surface area contributed by atoms with Gasteiger partial charge in [-0.05, 0) is 31.2 Å². The molecule has 2 atom stereocenters. The van der Waals surface area contributed by atoms with Crippen molar-refractivity contribution in [2.45, 2.75) is 19.9 Å². The Morgan fingerprint density at radius 2 is 1.68 bits per heavy atom. The van der Waals surface area contributed by atoms with Crippen molar-refractivity contribution < 1.29 is 9.59 Å². The number of amides is 2. The number of rotatable bonds is 4. The van der Waals surface area contributed by atoms with Gasteiger partial charge in [0.25, 0.3) is 5.91 Å². The summed E-state index contributed by atoms with van der Waals surface area (Å²) >= 11 is 0. The van der Waals surface area contributed by atoms with E-state index in [0.29, 0.717) is 11.3 Å². The molecule has 5 nitrogen and oxygen atoms in total. The highest BCUT2D eigenvalue weighted by Crippen LogP contribution is 2.12. The van der Waals surface area contributed by atoms with Crippen LogP contribution in [0.5, 0.6) is 0 Å². The van der Waals surface area contributed by atoms with E-state index in [1.165, 1.54) is 4.90 Å². The summed E-state index contributed by atoms with van der Waals surface area (Å²) in [7, 11) is 3.39. The van der Waals surface area contributed by atoms with E-state index < -0.39 is 0 Å². The fourth-order valence-electron chi connectivity index (χ4n) is 1.45. The van der Waals surface area contributed by atoms with E-state index in [1.807, 2.05) is 0 Å². The summed E-state index contributed by atoms with van der Waals surface area (Å²) in [6, 6.07) is 6.60. The Bertz CT molecular complexity index is 452. The second kappa shape index (κ2) is 6.33. The van der Waals surface area contributed by atoms with Crippen LogP contribution in [-0.2, 0) is 4.79 Å². The van der Waals surface area contributed by atoms with E-state index in [-0.39, 0.29) is 23.8 Å². The number of nitrogens with zero attached hydrogens (tertiary/aromatic N) is 1. The Morgan fingerprint density at radius 1 is 1.16 bits per heavy atom. The topological polar surface area (TPSA) is 75.4 Å². The van der Waals surface area contributed by atoms with Crippen LogP contribution in [0, 0.1) is 5.92 Å². The Hall–Kier alpha value is -1.88. The number of hydrogen-bond acceptors (Lipinski definition) is 3. The maximum atomic E-state index is 11.8. The van der Waals surface area contributed by atoms with Gasteiger partial charge in [0, 0.05) is 31.4 Å². The summed E-state index contributed by atoms with van der Waals surface area (Å²) < 4.78 is 0. The monoisotopic (exact) mass is 263 g/mol. The number of hydrogen-bond donors (Lipinski definition) is 2. The van der Waals surface area contributed by atoms with Gasteiger partial charge < -0.3 is 16.0 Å². The van der Waals surface area contributed by atoms with Crippen molar-refractivity contribution in [3.8, 4) is 0 Å². The first-order valence-electron chi connectivity index (χ1n) is 6.21. The Labute approximate surface area is 113 Å². The number of benzene rings is 1. The molecule has 3 N–H and O–H groups in total. The fourth-order valence-corrected chi connectivity index (χ4v) is 1.45. The molecule has 2 amide bonds. The molecule has 0 radical (unpaired) electrons. The zero-order valence-corrected chi connectivity index (χ0v) is 11.8. The second-order valence-electron chi connectivity index (χ2n) is 4.91. The Kier molecular flexibility index (Phi) is 5.06. The molecule has 19 heavy (non-hydrogen) atoms. The van der Waals surface area contributed by atoms with E-state index in [4.69, 9.17) is 5.73 Å². The number of nitrogens with one attached hydrogen (secondary N) is 1. The molecule has 2 unspecified atom stereocenters. The molecule has 5 heteroatoms. The average molecular weight is 263 g/mol. The van der Waals surface area contributed by atoms with Crippen molar-refractivity contribution in [1.82, 2.24) is 4.90 Å². The van der Waals surface area contributed by atoms with Gasteiger partial charge in [-0.15, -0.1) is 0 Å². The molecule has 0 saturated heterocycles. The summed E-state index contributed by atoms with van der Waals surface area (Å²) in [5, 5.41) is 2.77. The second-order valence-corrected chi connectivity index (χ2v) is 4.91. The van der Waals surface area contributed by atoms with E-state index in [1.54, 1.807) is 52.2 Å².